The molecule has 2 fully saturated rings. The van der Waals surface area contributed by atoms with Crippen LogP contribution < -0.4 is 0 Å². The van der Waals surface area contributed by atoms with Crippen LogP contribution in [0.3, 0.4) is 0 Å². The van der Waals surface area contributed by atoms with E-state index in [4.69, 9.17) is 0 Å². The van der Waals surface area contributed by atoms with E-state index in [1.165, 1.54) is 6.07 Å². The second kappa shape index (κ2) is 5.08. The standard InChI is InChI=1S/C21H27FO2/c1-4-21(24)10-8-16-18-12(2)11-15-13(5-6-17(23)19(15)22)14(18)7-9-20(16,21)3/h4-6,12,14,16,18,23-24H,1,7-11H2,2-3H3/t12-,14-,16+,18-,20+,21+/m1/s1. The summed E-state index contributed by atoms with van der Waals surface area (Å²) in [5, 5.41) is 20.8. The zero-order valence-corrected chi connectivity index (χ0v) is 14.6. The lowest BCUT2D eigenvalue weighted by Crippen LogP contribution is -2.51. The van der Waals surface area contributed by atoms with Crippen LogP contribution >= 0.6 is 0 Å². The van der Waals surface area contributed by atoms with Crippen molar-refractivity contribution in [3.05, 3.63) is 41.7 Å². The van der Waals surface area contributed by atoms with Gasteiger partial charge in [-0.3, -0.25) is 0 Å². The van der Waals surface area contributed by atoms with Crippen LogP contribution in [-0.2, 0) is 6.42 Å². The summed E-state index contributed by atoms with van der Waals surface area (Å²) in [6.07, 6.45) is 6.14. The molecule has 2 nitrogen and oxygen atoms in total. The van der Waals surface area contributed by atoms with E-state index in [1.807, 2.05) is 6.07 Å². The number of rotatable bonds is 1. The fourth-order valence-electron chi connectivity index (χ4n) is 6.38. The first-order valence-corrected chi connectivity index (χ1v) is 9.18. The summed E-state index contributed by atoms with van der Waals surface area (Å²) in [4.78, 5) is 0. The van der Waals surface area contributed by atoms with Crippen molar-refractivity contribution in [2.45, 2.75) is 57.5 Å². The Morgan fingerprint density at radius 3 is 2.75 bits per heavy atom. The predicted molar refractivity (Wildman–Crippen MR) is 92.4 cm³/mol. The molecule has 3 aliphatic carbocycles. The van der Waals surface area contributed by atoms with E-state index in [0.717, 1.165) is 31.2 Å². The summed E-state index contributed by atoms with van der Waals surface area (Å²) in [7, 11) is 0. The van der Waals surface area contributed by atoms with Gasteiger partial charge in [-0.1, -0.05) is 26.0 Å². The van der Waals surface area contributed by atoms with Crippen LogP contribution in [0.2, 0.25) is 0 Å². The van der Waals surface area contributed by atoms with Gasteiger partial charge in [0.15, 0.2) is 11.6 Å². The first-order chi connectivity index (χ1) is 11.3. The molecular weight excluding hydrogens is 303 g/mol. The third kappa shape index (κ3) is 1.85. The largest absolute Gasteiger partial charge is 0.505 e. The first kappa shape index (κ1) is 16.1. The van der Waals surface area contributed by atoms with Crippen molar-refractivity contribution in [1.29, 1.82) is 0 Å². The van der Waals surface area contributed by atoms with Gasteiger partial charge >= 0.3 is 0 Å². The number of halogens is 1. The maximum atomic E-state index is 14.4. The Kier molecular flexibility index (Phi) is 3.41. The molecule has 0 aromatic heterocycles. The van der Waals surface area contributed by atoms with Crippen molar-refractivity contribution in [1.82, 2.24) is 0 Å². The van der Waals surface area contributed by atoms with Gasteiger partial charge in [0.1, 0.15) is 0 Å². The SMILES string of the molecule is C=C[C@]1(O)CC[C@H]2[C@@H]3[C@H](C)Cc4c(ccc(O)c4F)[C@H]3CC[C@@]21C. The van der Waals surface area contributed by atoms with E-state index in [0.29, 0.717) is 35.7 Å². The van der Waals surface area contributed by atoms with Crippen LogP contribution in [-0.4, -0.2) is 15.8 Å². The maximum Gasteiger partial charge on any atom is 0.168 e. The topological polar surface area (TPSA) is 40.5 Å². The van der Waals surface area contributed by atoms with Gasteiger partial charge in [-0.25, -0.2) is 4.39 Å². The van der Waals surface area contributed by atoms with Gasteiger partial charge in [-0.2, -0.15) is 0 Å². The number of hydrogen-bond donors (Lipinski definition) is 2. The summed E-state index contributed by atoms with van der Waals surface area (Å²) in [5.74, 6) is 0.940. The number of hydrogen-bond acceptors (Lipinski definition) is 2. The van der Waals surface area contributed by atoms with E-state index in [2.05, 4.69) is 20.4 Å². The van der Waals surface area contributed by atoms with E-state index in [-0.39, 0.29) is 11.2 Å². The van der Waals surface area contributed by atoms with E-state index in [9.17, 15) is 14.6 Å². The fraction of sp³-hybridized carbons (Fsp3) is 0.619. The van der Waals surface area contributed by atoms with Gasteiger partial charge in [-0.05, 0) is 73.0 Å². The average Bonchev–Trinajstić information content (AvgIpc) is 2.84. The van der Waals surface area contributed by atoms with Crippen LogP contribution in [0, 0.1) is 29.0 Å². The lowest BCUT2D eigenvalue weighted by molar-refractivity contribution is -0.0790. The average molecular weight is 330 g/mol. The smallest absolute Gasteiger partial charge is 0.168 e. The van der Waals surface area contributed by atoms with Gasteiger partial charge < -0.3 is 10.2 Å². The molecule has 0 amide bonds. The van der Waals surface area contributed by atoms with Gasteiger partial charge in [0.2, 0.25) is 0 Å². The molecule has 3 heteroatoms. The van der Waals surface area contributed by atoms with E-state index >= 15 is 0 Å². The Bertz CT molecular complexity index is 699. The van der Waals surface area contributed by atoms with Crippen molar-refractivity contribution in [2.75, 3.05) is 0 Å². The molecule has 1 aromatic carbocycles. The molecule has 0 aliphatic heterocycles. The molecule has 6 atom stereocenters. The minimum absolute atomic E-state index is 0.128. The summed E-state index contributed by atoms with van der Waals surface area (Å²) in [5.41, 5.74) is 0.897. The normalized spacial score (nSPS) is 43.7. The molecule has 1 aromatic rings. The third-order valence-corrected chi connectivity index (χ3v) is 7.73. The predicted octanol–water partition coefficient (Wildman–Crippen LogP) is 4.55. The molecule has 0 heterocycles. The zero-order chi connectivity index (χ0) is 17.3. The molecule has 4 rings (SSSR count). The Morgan fingerprint density at radius 2 is 2.04 bits per heavy atom. The van der Waals surface area contributed by atoms with E-state index < -0.39 is 11.4 Å². The van der Waals surface area contributed by atoms with Gasteiger partial charge in [0.25, 0.3) is 0 Å². The number of phenols is 1. The number of phenolic OH excluding ortho intramolecular Hbond substituents is 1. The first-order valence-electron chi connectivity index (χ1n) is 9.18. The summed E-state index contributed by atoms with van der Waals surface area (Å²) < 4.78 is 14.4. The molecule has 0 bridgehead atoms. The summed E-state index contributed by atoms with van der Waals surface area (Å²) in [6.45, 7) is 8.34. The summed E-state index contributed by atoms with van der Waals surface area (Å²) in [6, 6.07) is 3.43. The van der Waals surface area contributed by atoms with Gasteiger partial charge in [-0.15, -0.1) is 6.58 Å². The number of benzene rings is 1. The van der Waals surface area contributed by atoms with Crippen LogP contribution in [0.5, 0.6) is 5.75 Å². The molecule has 0 saturated heterocycles. The van der Waals surface area contributed by atoms with Crippen molar-refractivity contribution < 1.29 is 14.6 Å². The fourth-order valence-corrected chi connectivity index (χ4v) is 6.38. The van der Waals surface area contributed by atoms with Crippen LogP contribution in [0.4, 0.5) is 4.39 Å². The van der Waals surface area contributed by atoms with Crippen molar-refractivity contribution in [3.63, 3.8) is 0 Å². The lowest BCUT2D eigenvalue weighted by atomic mass is 9.51. The minimum atomic E-state index is -0.775. The Labute approximate surface area is 143 Å². The zero-order valence-electron chi connectivity index (χ0n) is 14.6. The summed E-state index contributed by atoms with van der Waals surface area (Å²) >= 11 is 0. The molecule has 2 N–H and O–H groups in total. The monoisotopic (exact) mass is 330 g/mol. The Balaban J connectivity index is 1.79. The Hall–Kier alpha value is -1.35. The highest BCUT2D eigenvalue weighted by atomic mass is 19.1. The highest BCUT2D eigenvalue weighted by Gasteiger charge is 2.61. The second-order valence-electron chi connectivity index (χ2n) is 8.56. The lowest BCUT2D eigenvalue weighted by Gasteiger charge is -2.54. The van der Waals surface area contributed by atoms with Gasteiger partial charge in [0.05, 0.1) is 5.60 Å². The molecule has 3 aliphatic rings. The van der Waals surface area contributed by atoms with Crippen molar-refractivity contribution in [3.8, 4) is 5.75 Å². The molecule has 0 unspecified atom stereocenters. The molecule has 0 spiro atoms. The molecule has 2 saturated carbocycles. The number of fused-ring (bicyclic) bond motifs is 5. The van der Waals surface area contributed by atoms with Crippen LogP contribution in [0.1, 0.15) is 56.6 Å². The van der Waals surface area contributed by atoms with Crippen molar-refractivity contribution in [2.24, 2.45) is 23.2 Å². The Morgan fingerprint density at radius 1 is 1.29 bits per heavy atom. The quantitative estimate of drug-likeness (QED) is 0.742. The number of aliphatic hydroxyl groups is 1. The second-order valence-corrected chi connectivity index (χ2v) is 8.56. The van der Waals surface area contributed by atoms with Gasteiger partial charge in [0, 0.05) is 5.41 Å². The third-order valence-electron chi connectivity index (χ3n) is 7.73. The molecule has 130 valence electrons. The molecule has 24 heavy (non-hydrogen) atoms. The van der Waals surface area contributed by atoms with E-state index in [1.54, 1.807) is 6.08 Å². The highest BCUT2D eigenvalue weighted by Crippen LogP contribution is 2.65. The van der Waals surface area contributed by atoms with Crippen molar-refractivity contribution >= 4 is 0 Å². The maximum absolute atomic E-state index is 14.4. The van der Waals surface area contributed by atoms with Crippen LogP contribution in [0.25, 0.3) is 0 Å². The highest BCUT2D eigenvalue weighted by molar-refractivity contribution is 5.42. The molecule has 0 radical (unpaired) electrons. The number of aromatic hydroxyl groups is 1. The minimum Gasteiger partial charge on any atom is -0.505 e. The van der Waals surface area contributed by atoms with Crippen LogP contribution in [0.15, 0.2) is 24.8 Å². The molecular formula is C21H27FO2.